The Bertz CT molecular complexity index is 562. The first-order valence-corrected chi connectivity index (χ1v) is 7.70. The number of hydrogen-bond acceptors (Lipinski definition) is 5. The van der Waals surface area contributed by atoms with Crippen LogP contribution in [0.4, 0.5) is 0 Å². The van der Waals surface area contributed by atoms with E-state index in [1.165, 1.54) is 21.1 Å². The zero-order chi connectivity index (χ0) is 13.8. The molecule has 0 aliphatic carbocycles. The molecule has 2 aromatic rings. The Morgan fingerprint density at radius 2 is 2.32 bits per heavy atom. The molecule has 2 aromatic heterocycles. The Balaban J connectivity index is 1.82. The molecule has 0 spiro atoms. The fourth-order valence-corrected chi connectivity index (χ4v) is 3.41. The maximum Gasteiger partial charge on any atom is 0.365 e. The van der Waals surface area contributed by atoms with Gasteiger partial charge in [-0.2, -0.15) is 0 Å². The van der Waals surface area contributed by atoms with Crippen molar-refractivity contribution in [3.63, 3.8) is 0 Å². The van der Waals surface area contributed by atoms with E-state index in [2.05, 4.69) is 36.3 Å². The minimum atomic E-state index is -0.960. The fraction of sp³-hybridized carbons (Fsp3) is 0.385. The maximum atomic E-state index is 10.7. The summed E-state index contributed by atoms with van der Waals surface area (Å²) in [4.78, 5) is 17.5. The van der Waals surface area contributed by atoms with E-state index in [9.17, 15) is 4.79 Å². The Kier molecular flexibility index (Phi) is 4.68. The molecule has 19 heavy (non-hydrogen) atoms. The molecule has 2 rings (SSSR count). The van der Waals surface area contributed by atoms with Crippen molar-refractivity contribution in [2.75, 3.05) is 0 Å². The monoisotopic (exact) mass is 296 g/mol. The van der Waals surface area contributed by atoms with Gasteiger partial charge in [0.15, 0.2) is 0 Å². The molecule has 0 amide bonds. The van der Waals surface area contributed by atoms with E-state index in [1.54, 1.807) is 5.38 Å². The van der Waals surface area contributed by atoms with Gasteiger partial charge in [-0.3, -0.25) is 0 Å². The number of aromatic carboxylic acids is 1. The average molecular weight is 296 g/mol. The Morgan fingerprint density at radius 1 is 1.53 bits per heavy atom. The summed E-state index contributed by atoms with van der Waals surface area (Å²) < 4.78 is 0. The van der Waals surface area contributed by atoms with Crippen LogP contribution in [0.3, 0.4) is 0 Å². The molecule has 2 N–H and O–H groups in total. The van der Waals surface area contributed by atoms with Gasteiger partial charge in [0.2, 0.25) is 5.01 Å². The number of carboxylic acids is 1. The number of aromatic nitrogens is 1. The van der Waals surface area contributed by atoms with E-state index >= 15 is 0 Å². The van der Waals surface area contributed by atoms with Gasteiger partial charge in [-0.1, -0.05) is 0 Å². The predicted molar refractivity (Wildman–Crippen MR) is 78.1 cm³/mol. The molecule has 1 unspecified atom stereocenters. The van der Waals surface area contributed by atoms with Crippen molar-refractivity contribution in [1.29, 1.82) is 0 Å². The van der Waals surface area contributed by atoms with Crippen LogP contribution in [0.5, 0.6) is 0 Å². The maximum absolute atomic E-state index is 10.7. The zero-order valence-corrected chi connectivity index (χ0v) is 12.5. The number of rotatable bonds is 6. The summed E-state index contributed by atoms with van der Waals surface area (Å²) in [6, 6.07) is 4.63. The lowest BCUT2D eigenvalue weighted by Gasteiger charge is -2.11. The predicted octanol–water partition coefficient (Wildman–Crippen LogP) is 2.93. The summed E-state index contributed by atoms with van der Waals surface area (Å²) in [7, 11) is 0. The second kappa shape index (κ2) is 6.27. The van der Waals surface area contributed by atoms with Gasteiger partial charge in [-0.15, -0.1) is 22.7 Å². The molecule has 0 aliphatic rings. The first-order chi connectivity index (χ1) is 9.04. The third-order valence-electron chi connectivity index (χ3n) is 2.67. The minimum Gasteiger partial charge on any atom is -0.476 e. The summed E-state index contributed by atoms with van der Waals surface area (Å²) in [5, 5.41) is 14.1. The van der Waals surface area contributed by atoms with E-state index in [4.69, 9.17) is 5.11 Å². The molecule has 0 saturated heterocycles. The molecule has 1 atom stereocenters. The van der Waals surface area contributed by atoms with Crippen LogP contribution in [0.15, 0.2) is 17.5 Å². The molecular weight excluding hydrogens is 280 g/mol. The molecule has 0 bridgehead atoms. The lowest BCUT2D eigenvalue weighted by Crippen LogP contribution is -2.27. The van der Waals surface area contributed by atoms with E-state index in [0.717, 1.165) is 12.1 Å². The van der Waals surface area contributed by atoms with Crippen molar-refractivity contribution in [3.8, 4) is 0 Å². The summed E-state index contributed by atoms with van der Waals surface area (Å²) in [6.07, 6.45) is 0.981. The molecule has 2 heterocycles. The zero-order valence-electron chi connectivity index (χ0n) is 10.8. The van der Waals surface area contributed by atoms with E-state index in [1.807, 2.05) is 11.3 Å². The standard InChI is InChI=1S/C13H16N2O2S2/c1-8(5-11-4-3-9(2)19-11)14-6-10-7-18-12(15-10)13(16)17/h3-4,7-8,14H,5-6H2,1-2H3,(H,16,17). The summed E-state index contributed by atoms with van der Waals surface area (Å²) >= 11 is 2.98. The van der Waals surface area contributed by atoms with E-state index in [0.29, 0.717) is 12.6 Å². The first-order valence-electron chi connectivity index (χ1n) is 6.01. The highest BCUT2D eigenvalue weighted by molar-refractivity contribution is 7.12. The SMILES string of the molecule is Cc1ccc(CC(C)NCc2csc(C(=O)O)n2)s1. The van der Waals surface area contributed by atoms with Gasteiger partial charge < -0.3 is 10.4 Å². The van der Waals surface area contributed by atoms with Crippen molar-refractivity contribution in [1.82, 2.24) is 10.3 Å². The molecule has 0 fully saturated rings. The van der Waals surface area contributed by atoms with Crippen molar-refractivity contribution < 1.29 is 9.90 Å². The van der Waals surface area contributed by atoms with Gasteiger partial charge in [0.1, 0.15) is 0 Å². The number of thiophene rings is 1. The minimum absolute atomic E-state index is 0.151. The van der Waals surface area contributed by atoms with Crippen LogP contribution in [-0.2, 0) is 13.0 Å². The Morgan fingerprint density at radius 3 is 2.89 bits per heavy atom. The smallest absolute Gasteiger partial charge is 0.365 e. The number of aryl methyl sites for hydroxylation is 1. The summed E-state index contributed by atoms with van der Waals surface area (Å²) in [6.45, 7) is 4.84. The third-order valence-corrected chi connectivity index (χ3v) is 4.57. The summed E-state index contributed by atoms with van der Waals surface area (Å²) in [5.41, 5.74) is 0.789. The van der Waals surface area contributed by atoms with Gasteiger partial charge in [0.05, 0.1) is 5.69 Å². The molecule has 102 valence electrons. The molecule has 6 heteroatoms. The van der Waals surface area contributed by atoms with Crippen LogP contribution in [0, 0.1) is 6.92 Å². The fourth-order valence-electron chi connectivity index (χ4n) is 1.73. The van der Waals surface area contributed by atoms with Crippen LogP contribution in [0.1, 0.15) is 32.2 Å². The average Bonchev–Trinajstić information content (AvgIpc) is 2.96. The molecule has 0 aliphatic heterocycles. The van der Waals surface area contributed by atoms with Crippen molar-refractivity contribution in [2.45, 2.75) is 32.9 Å². The Labute approximate surface area is 120 Å². The lowest BCUT2D eigenvalue weighted by molar-refractivity contribution is 0.0696. The normalized spacial score (nSPS) is 12.5. The first kappa shape index (κ1) is 14.2. The number of nitrogens with one attached hydrogen (secondary N) is 1. The van der Waals surface area contributed by atoms with Crippen LogP contribution in [0.2, 0.25) is 0 Å². The molecule has 0 radical (unpaired) electrons. The quantitative estimate of drug-likeness (QED) is 0.860. The van der Waals surface area contributed by atoms with Gasteiger partial charge in [-0.05, 0) is 32.4 Å². The summed E-state index contributed by atoms with van der Waals surface area (Å²) in [5.74, 6) is -0.960. The molecule has 0 aromatic carbocycles. The third kappa shape index (κ3) is 4.12. The van der Waals surface area contributed by atoms with Crippen molar-refractivity contribution in [3.05, 3.63) is 38.0 Å². The number of hydrogen-bond donors (Lipinski definition) is 2. The number of thiazole rings is 1. The second-order valence-corrected chi connectivity index (χ2v) is 6.68. The number of carboxylic acid groups (broad SMARTS) is 1. The van der Waals surface area contributed by atoms with E-state index < -0.39 is 5.97 Å². The van der Waals surface area contributed by atoms with Crippen LogP contribution in [-0.4, -0.2) is 22.1 Å². The van der Waals surface area contributed by atoms with Crippen LogP contribution >= 0.6 is 22.7 Å². The van der Waals surface area contributed by atoms with Crippen molar-refractivity contribution >= 4 is 28.6 Å². The van der Waals surface area contributed by atoms with Gasteiger partial charge in [0, 0.05) is 27.7 Å². The van der Waals surface area contributed by atoms with E-state index in [-0.39, 0.29) is 5.01 Å². The van der Waals surface area contributed by atoms with Gasteiger partial charge in [-0.25, -0.2) is 9.78 Å². The largest absolute Gasteiger partial charge is 0.476 e. The Hall–Kier alpha value is -1.24. The highest BCUT2D eigenvalue weighted by Crippen LogP contribution is 2.17. The molecule has 0 saturated carbocycles. The topological polar surface area (TPSA) is 62.2 Å². The highest BCUT2D eigenvalue weighted by Gasteiger charge is 2.10. The van der Waals surface area contributed by atoms with Gasteiger partial charge >= 0.3 is 5.97 Å². The second-order valence-electron chi connectivity index (χ2n) is 4.45. The van der Waals surface area contributed by atoms with Crippen LogP contribution in [0.25, 0.3) is 0 Å². The van der Waals surface area contributed by atoms with Gasteiger partial charge in [0.25, 0.3) is 0 Å². The van der Waals surface area contributed by atoms with Crippen molar-refractivity contribution in [2.24, 2.45) is 0 Å². The lowest BCUT2D eigenvalue weighted by atomic mass is 10.2. The molecular formula is C13H16N2O2S2. The van der Waals surface area contributed by atoms with Crippen LogP contribution < -0.4 is 5.32 Å². The number of carbonyl (C=O) groups is 1. The number of nitrogens with zero attached hydrogens (tertiary/aromatic N) is 1. The molecule has 4 nitrogen and oxygen atoms in total. The highest BCUT2D eigenvalue weighted by atomic mass is 32.1.